The Morgan fingerprint density at radius 3 is 2.91 bits per heavy atom. The number of H-pyrrole nitrogens is 1. The molecule has 5 rings (SSSR count). The number of piperazine rings is 1. The van der Waals surface area contributed by atoms with Gasteiger partial charge in [0.15, 0.2) is 0 Å². The van der Waals surface area contributed by atoms with Crippen LogP contribution in [0.4, 0.5) is 11.4 Å². The van der Waals surface area contributed by atoms with Gasteiger partial charge in [-0.05, 0) is 43.5 Å². The van der Waals surface area contributed by atoms with Crippen LogP contribution in [0, 0.1) is 11.3 Å². The minimum Gasteiger partial charge on any atom is -0.361 e. The van der Waals surface area contributed by atoms with E-state index in [-0.39, 0.29) is 5.91 Å². The Morgan fingerprint density at radius 1 is 1.25 bits per heavy atom. The van der Waals surface area contributed by atoms with Crippen molar-refractivity contribution in [1.29, 1.82) is 5.26 Å². The Hall–Kier alpha value is -3.67. The molecule has 4 aromatic rings. The number of pyridine rings is 1. The van der Waals surface area contributed by atoms with Gasteiger partial charge in [-0.25, -0.2) is 4.98 Å². The number of rotatable bonds is 4. The Morgan fingerprint density at radius 2 is 2.09 bits per heavy atom. The van der Waals surface area contributed by atoms with E-state index in [1.165, 1.54) is 11.3 Å². The van der Waals surface area contributed by atoms with E-state index in [1.807, 2.05) is 47.5 Å². The lowest BCUT2D eigenvalue weighted by atomic mass is 10.1. The molecule has 1 fully saturated rings. The van der Waals surface area contributed by atoms with Crippen LogP contribution in [-0.2, 0) is 4.79 Å². The minimum atomic E-state index is 0.0272. The zero-order valence-electron chi connectivity index (χ0n) is 17.6. The molecule has 1 amide bonds. The number of amides is 1. The van der Waals surface area contributed by atoms with Gasteiger partial charge in [-0.3, -0.25) is 4.79 Å². The molecule has 0 radical (unpaired) electrons. The molecule has 0 spiro atoms. The number of fused-ring (bicyclic) bond motifs is 2. The van der Waals surface area contributed by atoms with Gasteiger partial charge in [0.05, 0.1) is 11.3 Å². The highest BCUT2D eigenvalue weighted by Gasteiger charge is 2.17. The van der Waals surface area contributed by atoms with Crippen molar-refractivity contribution >= 4 is 55.8 Å². The first kappa shape index (κ1) is 20.2. The van der Waals surface area contributed by atoms with Crippen molar-refractivity contribution in [3.8, 4) is 6.07 Å². The zero-order valence-corrected chi connectivity index (χ0v) is 18.4. The second-order valence-electron chi connectivity index (χ2n) is 7.89. The SMILES string of the molecule is CN1CCN(C(=O)C=Cc2cc3c(Nc4ccc5[nH]ccc5c4)c(C#N)cnc3s2)CC1. The number of carbonyl (C=O) groups is 1. The third-order valence-electron chi connectivity index (χ3n) is 5.73. The second-order valence-corrected chi connectivity index (χ2v) is 8.96. The molecule has 1 saturated heterocycles. The topological polar surface area (TPSA) is 88.0 Å². The first-order chi connectivity index (χ1) is 15.6. The number of hydrogen-bond donors (Lipinski definition) is 2. The van der Waals surface area contributed by atoms with Gasteiger partial charge in [-0.1, -0.05) is 0 Å². The van der Waals surface area contributed by atoms with Gasteiger partial charge in [-0.15, -0.1) is 11.3 Å². The normalized spacial score (nSPS) is 14.9. The van der Waals surface area contributed by atoms with Crippen molar-refractivity contribution in [3.63, 3.8) is 0 Å². The summed E-state index contributed by atoms with van der Waals surface area (Å²) < 4.78 is 0. The predicted molar refractivity (Wildman–Crippen MR) is 129 cm³/mol. The van der Waals surface area contributed by atoms with Gasteiger partial charge < -0.3 is 20.1 Å². The average molecular weight is 443 g/mol. The molecule has 1 aromatic carbocycles. The van der Waals surface area contributed by atoms with Gasteiger partial charge in [0.1, 0.15) is 10.9 Å². The molecule has 0 atom stereocenters. The fraction of sp³-hybridized carbons (Fsp3) is 0.208. The Kier molecular flexibility index (Phi) is 5.35. The molecular weight excluding hydrogens is 420 g/mol. The summed E-state index contributed by atoms with van der Waals surface area (Å²) in [4.78, 5) is 26.0. The summed E-state index contributed by atoms with van der Waals surface area (Å²) in [7, 11) is 2.07. The van der Waals surface area contributed by atoms with Crippen LogP contribution in [0.15, 0.2) is 48.8 Å². The van der Waals surface area contributed by atoms with Crippen LogP contribution in [0.25, 0.3) is 27.2 Å². The molecule has 7 nitrogen and oxygen atoms in total. The molecular formula is C24H22N6OS. The maximum atomic E-state index is 12.5. The lowest BCUT2D eigenvalue weighted by Gasteiger charge is -2.31. The molecule has 8 heteroatoms. The van der Waals surface area contributed by atoms with Crippen molar-refractivity contribution < 1.29 is 4.79 Å². The molecule has 0 saturated carbocycles. The molecule has 0 unspecified atom stereocenters. The van der Waals surface area contributed by atoms with E-state index in [2.05, 4.69) is 33.3 Å². The van der Waals surface area contributed by atoms with Gasteiger partial charge in [0.25, 0.3) is 0 Å². The zero-order chi connectivity index (χ0) is 22.1. The molecule has 2 N–H and O–H groups in total. The second kappa shape index (κ2) is 8.46. The monoisotopic (exact) mass is 442 g/mol. The van der Waals surface area contributed by atoms with Gasteiger partial charge in [0.2, 0.25) is 5.91 Å². The lowest BCUT2D eigenvalue weighted by molar-refractivity contribution is -0.127. The van der Waals surface area contributed by atoms with E-state index in [0.717, 1.165) is 63.6 Å². The van der Waals surface area contributed by atoms with Gasteiger partial charge >= 0.3 is 0 Å². The van der Waals surface area contributed by atoms with Gasteiger partial charge in [-0.2, -0.15) is 5.26 Å². The Balaban J connectivity index is 1.43. The first-order valence-corrected chi connectivity index (χ1v) is 11.2. The van der Waals surface area contributed by atoms with E-state index in [9.17, 15) is 10.1 Å². The van der Waals surface area contributed by atoms with Crippen molar-refractivity contribution in [1.82, 2.24) is 19.8 Å². The van der Waals surface area contributed by atoms with Crippen LogP contribution < -0.4 is 5.32 Å². The smallest absolute Gasteiger partial charge is 0.246 e. The third-order valence-corrected chi connectivity index (χ3v) is 6.74. The third kappa shape index (κ3) is 3.96. The molecule has 3 aromatic heterocycles. The largest absolute Gasteiger partial charge is 0.361 e. The summed E-state index contributed by atoms with van der Waals surface area (Å²) in [6.45, 7) is 3.29. The Bertz CT molecular complexity index is 1370. The number of hydrogen-bond acceptors (Lipinski definition) is 6. The van der Waals surface area contributed by atoms with Crippen LogP contribution in [0.2, 0.25) is 0 Å². The van der Waals surface area contributed by atoms with E-state index in [1.54, 1.807) is 12.3 Å². The predicted octanol–water partition coefficient (Wildman–Crippen LogP) is 4.18. The van der Waals surface area contributed by atoms with E-state index in [0.29, 0.717) is 5.56 Å². The van der Waals surface area contributed by atoms with Crippen LogP contribution in [-0.4, -0.2) is 58.9 Å². The number of nitrogens with one attached hydrogen (secondary N) is 2. The Labute approximate surface area is 189 Å². The quantitative estimate of drug-likeness (QED) is 0.463. The minimum absolute atomic E-state index is 0.0272. The summed E-state index contributed by atoms with van der Waals surface area (Å²) >= 11 is 1.50. The van der Waals surface area contributed by atoms with E-state index in [4.69, 9.17) is 0 Å². The summed E-state index contributed by atoms with van der Waals surface area (Å²) in [5.74, 6) is 0.0272. The number of aromatic amines is 1. The van der Waals surface area contributed by atoms with Crippen molar-refractivity contribution in [2.24, 2.45) is 0 Å². The molecule has 160 valence electrons. The fourth-order valence-corrected chi connectivity index (χ4v) is 4.78. The number of anilines is 2. The number of aromatic nitrogens is 2. The van der Waals surface area contributed by atoms with Crippen LogP contribution in [0.5, 0.6) is 0 Å². The summed E-state index contributed by atoms with van der Waals surface area (Å²) in [5, 5.41) is 15.0. The highest BCUT2D eigenvalue weighted by Crippen LogP contribution is 2.35. The number of nitriles is 1. The average Bonchev–Trinajstić information content (AvgIpc) is 3.44. The summed E-state index contributed by atoms with van der Waals surface area (Å²) in [5.41, 5.74) is 3.17. The highest BCUT2D eigenvalue weighted by molar-refractivity contribution is 7.19. The maximum Gasteiger partial charge on any atom is 0.246 e. The molecule has 0 aliphatic carbocycles. The number of carbonyl (C=O) groups excluding carboxylic acids is 1. The number of thiophene rings is 1. The lowest BCUT2D eigenvalue weighted by Crippen LogP contribution is -2.46. The molecule has 4 heterocycles. The maximum absolute atomic E-state index is 12.5. The number of likely N-dealkylation sites (N-methyl/N-ethyl adjacent to an activating group) is 1. The molecule has 1 aliphatic rings. The van der Waals surface area contributed by atoms with E-state index < -0.39 is 0 Å². The van der Waals surface area contributed by atoms with Crippen molar-refractivity contribution in [3.05, 3.63) is 59.2 Å². The highest BCUT2D eigenvalue weighted by atomic mass is 32.1. The number of nitrogens with zero attached hydrogens (tertiary/aromatic N) is 4. The summed E-state index contributed by atoms with van der Waals surface area (Å²) in [6.07, 6.45) is 6.97. The standard InChI is InChI=1S/C24H22N6OS/c1-29-8-10-30(11-9-29)22(31)5-3-19-13-20-23(17(14-25)15-27-24(20)32-19)28-18-2-4-21-16(12-18)6-7-26-21/h2-7,12-13,15,26H,8-11H2,1H3,(H,27,28). The molecule has 32 heavy (non-hydrogen) atoms. The van der Waals surface area contributed by atoms with Gasteiger partial charge in [0, 0.05) is 71.5 Å². The summed E-state index contributed by atoms with van der Waals surface area (Å²) in [6, 6.07) is 12.3. The van der Waals surface area contributed by atoms with E-state index >= 15 is 0 Å². The van der Waals surface area contributed by atoms with Crippen LogP contribution >= 0.6 is 11.3 Å². The first-order valence-electron chi connectivity index (χ1n) is 10.4. The fourth-order valence-electron chi connectivity index (χ4n) is 3.87. The number of benzene rings is 1. The van der Waals surface area contributed by atoms with Crippen LogP contribution in [0.1, 0.15) is 10.4 Å². The van der Waals surface area contributed by atoms with Crippen LogP contribution in [0.3, 0.4) is 0 Å². The van der Waals surface area contributed by atoms with Crippen molar-refractivity contribution in [2.75, 3.05) is 38.5 Å². The van der Waals surface area contributed by atoms with Crippen molar-refractivity contribution in [2.45, 2.75) is 0 Å². The molecule has 1 aliphatic heterocycles. The molecule has 0 bridgehead atoms.